The number of thiophene rings is 1. The van der Waals surface area contributed by atoms with Gasteiger partial charge in [-0.15, -0.1) is 11.3 Å². The molecule has 0 aliphatic carbocycles. The molecule has 1 nitrogen and oxygen atoms in total. The third-order valence-electron chi connectivity index (χ3n) is 2.15. The molecule has 2 N–H and O–H groups in total. The number of benzene rings is 1. The molecule has 0 saturated carbocycles. The molecule has 0 aliphatic rings. The van der Waals surface area contributed by atoms with Crippen molar-refractivity contribution in [3.05, 3.63) is 56.2 Å². The predicted molar refractivity (Wildman–Crippen MR) is 66.8 cm³/mol. The van der Waals surface area contributed by atoms with Gasteiger partial charge < -0.3 is 5.73 Å². The monoisotopic (exact) mass is 257 g/mol. The molecular weight excluding hydrogens is 249 g/mol. The highest BCUT2D eigenvalue weighted by Gasteiger charge is 2.13. The summed E-state index contributed by atoms with van der Waals surface area (Å²) in [6.07, 6.45) is 0. The maximum atomic E-state index is 6.09. The van der Waals surface area contributed by atoms with Gasteiger partial charge in [-0.05, 0) is 29.1 Å². The van der Waals surface area contributed by atoms with Gasteiger partial charge in [-0.2, -0.15) is 0 Å². The SMILES string of the molecule is N[C@H](c1cccs1)c1ccc(Cl)cc1Cl. The molecule has 78 valence electrons. The lowest BCUT2D eigenvalue weighted by Crippen LogP contribution is -2.10. The van der Waals surface area contributed by atoms with Crippen LogP contribution in [0, 0.1) is 0 Å². The largest absolute Gasteiger partial charge is 0.320 e. The van der Waals surface area contributed by atoms with Crippen molar-refractivity contribution in [2.45, 2.75) is 6.04 Å². The van der Waals surface area contributed by atoms with Crippen LogP contribution in [0.25, 0.3) is 0 Å². The standard InChI is InChI=1S/C11H9Cl2NS/c12-7-3-4-8(9(13)6-7)11(14)10-2-1-5-15-10/h1-6,11H,14H2/t11-/m0/s1. The van der Waals surface area contributed by atoms with Crippen molar-refractivity contribution in [3.8, 4) is 0 Å². The minimum absolute atomic E-state index is 0.172. The summed E-state index contributed by atoms with van der Waals surface area (Å²) in [6.45, 7) is 0. The number of hydrogen-bond acceptors (Lipinski definition) is 2. The summed E-state index contributed by atoms with van der Waals surface area (Å²) in [4.78, 5) is 1.10. The van der Waals surface area contributed by atoms with Crippen LogP contribution < -0.4 is 5.73 Å². The first kappa shape index (κ1) is 11.0. The van der Waals surface area contributed by atoms with Crippen LogP contribution in [-0.4, -0.2) is 0 Å². The molecule has 1 aromatic carbocycles. The van der Waals surface area contributed by atoms with E-state index in [1.807, 2.05) is 23.6 Å². The maximum Gasteiger partial charge on any atom is 0.0660 e. The minimum Gasteiger partial charge on any atom is -0.320 e. The molecule has 15 heavy (non-hydrogen) atoms. The van der Waals surface area contributed by atoms with Crippen molar-refractivity contribution in [2.24, 2.45) is 5.73 Å². The van der Waals surface area contributed by atoms with Crippen LogP contribution in [0.3, 0.4) is 0 Å². The third-order valence-corrected chi connectivity index (χ3v) is 3.67. The second kappa shape index (κ2) is 4.54. The van der Waals surface area contributed by atoms with E-state index < -0.39 is 0 Å². The van der Waals surface area contributed by atoms with E-state index in [9.17, 15) is 0 Å². The Morgan fingerprint density at radius 2 is 2.00 bits per heavy atom. The smallest absolute Gasteiger partial charge is 0.0660 e. The predicted octanol–water partition coefficient (Wildman–Crippen LogP) is 4.10. The van der Waals surface area contributed by atoms with Gasteiger partial charge in [0.05, 0.1) is 6.04 Å². The summed E-state index contributed by atoms with van der Waals surface area (Å²) in [5.41, 5.74) is 7.00. The number of hydrogen-bond donors (Lipinski definition) is 1. The summed E-state index contributed by atoms with van der Waals surface area (Å²) in [6, 6.07) is 9.19. The number of halogens is 2. The summed E-state index contributed by atoms with van der Waals surface area (Å²) in [5.74, 6) is 0. The molecule has 0 amide bonds. The second-order valence-corrected chi connectivity index (χ2v) is 4.98. The van der Waals surface area contributed by atoms with Gasteiger partial charge in [0.2, 0.25) is 0 Å². The van der Waals surface area contributed by atoms with E-state index in [1.165, 1.54) is 0 Å². The average Bonchev–Trinajstić information content (AvgIpc) is 2.69. The molecule has 1 atom stereocenters. The molecule has 0 saturated heterocycles. The fraction of sp³-hybridized carbons (Fsp3) is 0.0909. The Balaban J connectivity index is 2.38. The lowest BCUT2D eigenvalue weighted by molar-refractivity contribution is 0.894. The van der Waals surface area contributed by atoms with Crippen LogP contribution in [0.4, 0.5) is 0 Å². The Bertz CT molecular complexity index is 454. The Labute approximate surface area is 102 Å². The van der Waals surface area contributed by atoms with Crippen LogP contribution in [-0.2, 0) is 0 Å². The van der Waals surface area contributed by atoms with Crippen LogP contribution in [0.15, 0.2) is 35.7 Å². The van der Waals surface area contributed by atoms with Crippen molar-refractivity contribution in [1.82, 2.24) is 0 Å². The van der Waals surface area contributed by atoms with Crippen molar-refractivity contribution in [3.63, 3.8) is 0 Å². The zero-order valence-electron chi connectivity index (χ0n) is 7.78. The Kier molecular flexibility index (Phi) is 3.32. The van der Waals surface area contributed by atoms with E-state index in [2.05, 4.69) is 0 Å². The van der Waals surface area contributed by atoms with Gasteiger partial charge in [0, 0.05) is 14.9 Å². The molecule has 0 fully saturated rings. The maximum absolute atomic E-state index is 6.09. The summed E-state index contributed by atoms with van der Waals surface area (Å²) >= 11 is 13.5. The molecule has 0 radical (unpaired) electrons. The summed E-state index contributed by atoms with van der Waals surface area (Å²) in [5, 5.41) is 3.24. The van der Waals surface area contributed by atoms with Gasteiger partial charge in [-0.3, -0.25) is 0 Å². The van der Waals surface area contributed by atoms with E-state index in [-0.39, 0.29) is 6.04 Å². The Hall–Kier alpha value is -0.540. The van der Waals surface area contributed by atoms with Gasteiger partial charge in [0.25, 0.3) is 0 Å². The van der Waals surface area contributed by atoms with Gasteiger partial charge >= 0.3 is 0 Å². The Morgan fingerprint density at radius 1 is 1.20 bits per heavy atom. The van der Waals surface area contributed by atoms with Crippen LogP contribution in [0.5, 0.6) is 0 Å². The fourth-order valence-electron chi connectivity index (χ4n) is 1.38. The highest BCUT2D eigenvalue weighted by Crippen LogP contribution is 2.30. The van der Waals surface area contributed by atoms with E-state index >= 15 is 0 Å². The van der Waals surface area contributed by atoms with Crippen molar-refractivity contribution in [2.75, 3.05) is 0 Å². The van der Waals surface area contributed by atoms with E-state index in [4.69, 9.17) is 28.9 Å². The topological polar surface area (TPSA) is 26.0 Å². The average molecular weight is 258 g/mol. The zero-order valence-corrected chi connectivity index (χ0v) is 10.1. The molecular formula is C11H9Cl2NS. The molecule has 0 bridgehead atoms. The Morgan fingerprint density at radius 3 is 2.60 bits per heavy atom. The lowest BCUT2D eigenvalue weighted by Gasteiger charge is -2.11. The highest BCUT2D eigenvalue weighted by atomic mass is 35.5. The molecule has 1 heterocycles. The van der Waals surface area contributed by atoms with Crippen molar-refractivity contribution >= 4 is 34.5 Å². The van der Waals surface area contributed by atoms with E-state index in [0.29, 0.717) is 10.0 Å². The molecule has 2 rings (SSSR count). The van der Waals surface area contributed by atoms with Gasteiger partial charge in [0.15, 0.2) is 0 Å². The molecule has 0 unspecified atom stereocenters. The molecule has 0 aliphatic heterocycles. The molecule has 4 heteroatoms. The minimum atomic E-state index is -0.172. The van der Waals surface area contributed by atoms with Gasteiger partial charge in [0.1, 0.15) is 0 Å². The van der Waals surface area contributed by atoms with E-state index in [1.54, 1.807) is 23.5 Å². The van der Waals surface area contributed by atoms with E-state index in [0.717, 1.165) is 10.4 Å². The molecule has 0 spiro atoms. The number of nitrogens with two attached hydrogens (primary N) is 1. The first-order chi connectivity index (χ1) is 7.18. The fourth-order valence-corrected chi connectivity index (χ4v) is 2.65. The van der Waals surface area contributed by atoms with Crippen molar-refractivity contribution in [1.29, 1.82) is 0 Å². The van der Waals surface area contributed by atoms with Gasteiger partial charge in [-0.1, -0.05) is 35.3 Å². The van der Waals surface area contributed by atoms with Crippen molar-refractivity contribution < 1.29 is 0 Å². The van der Waals surface area contributed by atoms with Crippen LogP contribution in [0.2, 0.25) is 10.0 Å². The normalized spacial score (nSPS) is 12.7. The third kappa shape index (κ3) is 2.34. The number of rotatable bonds is 2. The van der Waals surface area contributed by atoms with Crippen LogP contribution in [0.1, 0.15) is 16.5 Å². The highest BCUT2D eigenvalue weighted by molar-refractivity contribution is 7.10. The zero-order chi connectivity index (χ0) is 10.8. The molecule has 1 aromatic heterocycles. The summed E-state index contributed by atoms with van der Waals surface area (Å²) in [7, 11) is 0. The second-order valence-electron chi connectivity index (χ2n) is 3.16. The molecule has 2 aromatic rings. The first-order valence-corrected chi connectivity index (χ1v) is 6.06. The van der Waals surface area contributed by atoms with Gasteiger partial charge in [-0.25, -0.2) is 0 Å². The lowest BCUT2D eigenvalue weighted by atomic mass is 10.1. The summed E-state index contributed by atoms with van der Waals surface area (Å²) < 4.78 is 0. The van der Waals surface area contributed by atoms with Crippen LogP contribution >= 0.6 is 34.5 Å². The quantitative estimate of drug-likeness (QED) is 0.862. The first-order valence-electron chi connectivity index (χ1n) is 4.42.